The predicted molar refractivity (Wildman–Crippen MR) is 270 cm³/mol. The van der Waals surface area contributed by atoms with Crippen LogP contribution in [0.5, 0.6) is 0 Å². The second kappa shape index (κ2) is 38.5. The lowest BCUT2D eigenvalue weighted by atomic mass is 9.80. The van der Waals surface area contributed by atoms with E-state index < -0.39 is 112 Å². The average Bonchev–Trinajstić information content (AvgIpc) is 3.30. The van der Waals surface area contributed by atoms with Gasteiger partial charge in [0.2, 0.25) is 5.91 Å². The van der Waals surface area contributed by atoms with Crippen LogP contribution in [0.15, 0.2) is 0 Å². The molecule has 0 bridgehead atoms. The molecule has 72 heavy (non-hydrogen) atoms. The number of amides is 1. The first-order valence-corrected chi connectivity index (χ1v) is 27.7. The van der Waals surface area contributed by atoms with Crippen molar-refractivity contribution in [2.24, 2.45) is 35.3 Å². The van der Waals surface area contributed by atoms with Gasteiger partial charge in [0.05, 0.1) is 95.2 Å². The molecule has 0 aromatic rings. The molecule has 5 atom stereocenters. The number of carboxylic acid groups (broad SMARTS) is 1. The van der Waals surface area contributed by atoms with Crippen molar-refractivity contribution in [1.29, 1.82) is 0 Å². The molecule has 0 spiro atoms. The van der Waals surface area contributed by atoms with Crippen molar-refractivity contribution in [3.63, 3.8) is 0 Å². The van der Waals surface area contributed by atoms with E-state index in [2.05, 4.69) is 26.5 Å². The molecule has 22 heteroatoms. The van der Waals surface area contributed by atoms with Gasteiger partial charge in [0, 0.05) is 32.3 Å². The second-order valence-electron chi connectivity index (χ2n) is 19.8. The van der Waals surface area contributed by atoms with E-state index in [1.807, 2.05) is 27.7 Å². The number of unbranched alkanes of at least 4 members (excludes halogenated alkanes) is 5. The number of carbonyl (C=O) groups excluding carboxylic acids is 4. The van der Waals surface area contributed by atoms with Crippen molar-refractivity contribution in [3.8, 4) is 0 Å². The van der Waals surface area contributed by atoms with Gasteiger partial charge in [-0.1, -0.05) is 46.5 Å². The number of aliphatic carboxylic acids is 1. The van der Waals surface area contributed by atoms with Crippen LogP contribution in [0.4, 0.5) is 0 Å². The molecule has 0 heterocycles. The fourth-order valence-electron chi connectivity index (χ4n) is 7.79. The first kappa shape index (κ1) is 68.9. The highest BCUT2D eigenvalue weighted by Crippen LogP contribution is 2.31. The number of ether oxygens (including phenoxy) is 8. The van der Waals surface area contributed by atoms with Gasteiger partial charge in [-0.15, -0.1) is 5.48 Å². The summed E-state index contributed by atoms with van der Waals surface area (Å²) in [4.78, 5) is 73.3. The van der Waals surface area contributed by atoms with E-state index in [0.29, 0.717) is 37.5 Å². The molecule has 0 radical (unpaired) electrons. The Kier molecular flexibility index (Phi) is 36.9. The minimum atomic E-state index is -4.55. The fraction of sp³-hybridized carbons (Fsp3) is 0.900. The summed E-state index contributed by atoms with van der Waals surface area (Å²) in [6.07, 6.45) is 3.46. The maximum atomic E-state index is 14.7. The SMILES string of the molecule is CCCCCCCC[N+](C)(C)CCOC(=O)C(C)CC(CC(CC(CC(CC)C(N)=O)C(=O)O)C(=O)OC(COC(COCC)COCC)COC(COCC)COCC)C(=O)ONC(C)(C)CS(=O)(=O)O. The lowest BCUT2D eigenvalue weighted by Gasteiger charge is -2.30. The first-order chi connectivity index (χ1) is 33.9. The van der Waals surface area contributed by atoms with Crippen molar-refractivity contribution >= 4 is 39.9 Å². The summed E-state index contributed by atoms with van der Waals surface area (Å²) in [6, 6.07) is 0. The zero-order valence-corrected chi connectivity index (χ0v) is 46.5. The number of rotatable bonds is 47. The van der Waals surface area contributed by atoms with E-state index in [0.717, 1.165) is 25.8 Å². The summed E-state index contributed by atoms with van der Waals surface area (Å²) >= 11 is 0. The monoisotopic (exact) mass is 1060 g/mol. The first-order valence-electron chi connectivity index (χ1n) is 26.1. The zero-order chi connectivity index (χ0) is 54.8. The number of hydrogen-bond donors (Lipinski definition) is 4. The fourth-order valence-corrected chi connectivity index (χ4v) is 8.76. The van der Waals surface area contributed by atoms with Crippen molar-refractivity contribution in [1.82, 2.24) is 5.48 Å². The Bertz CT molecular complexity index is 1580. The molecule has 5 unspecified atom stereocenters. The molecule has 0 aliphatic carbocycles. The molecular formula is C50H96N3O18S+. The van der Waals surface area contributed by atoms with Crippen molar-refractivity contribution < 1.29 is 89.3 Å². The number of nitrogens with one attached hydrogen (secondary N) is 1. The highest BCUT2D eigenvalue weighted by Gasteiger charge is 2.39. The maximum absolute atomic E-state index is 14.7. The van der Waals surface area contributed by atoms with Crippen LogP contribution in [0, 0.1) is 29.6 Å². The second-order valence-corrected chi connectivity index (χ2v) is 21.3. The summed E-state index contributed by atoms with van der Waals surface area (Å²) in [5, 5.41) is 10.5. The number of likely N-dealkylation sites (N-methyl/N-ethyl adjacent to an activating group) is 1. The van der Waals surface area contributed by atoms with Crippen LogP contribution in [0.25, 0.3) is 0 Å². The Morgan fingerprint density at radius 1 is 0.625 bits per heavy atom. The summed E-state index contributed by atoms with van der Waals surface area (Å²) in [5.41, 5.74) is 6.53. The molecule has 0 saturated carbocycles. The molecule has 5 N–H and O–H groups in total. The zero-order valence-electron chi connectivity index (χ0n) is 45.7. The van der Waals surface area contributed by atoms with Crippen LogP contribution in [0.1, 0.15) is 133 Å². The molecule has 21 nitrogen and oxygen atoms in total. The Morgan fingerprint density at radius 3 is 1.56 bits per heavy atom. The highest BCUT2D eigenvalue weighted by atomic mass is 32.2. The lowest BCUT2D eigenvalue weighted by molar-refractivity contribution is -0.890. The van der Waals surface area contributed by atoms with E-state index in [-0.39, 0.29) is 65.5 Å². The van der Waals surface area contributed by atoms with Crippen LogP contribution in [-0.2, 0) is 76.8 Å². The number of hydrogen-bond acceptors (Lipinski definition) is 17. The normalized spacial score (nSPS) is 14.5. The molecule has 1 amide bonds. The van der Waals surface area contributed by atoms with Gasteiger partial charge in [0.15, 0.2) is 0 Å². The quantitative estimate of drug-likeness (QED) is 0.0153. The number of hydroxylamine groups is 1. The Labute approximate surface area is 431 Å². The topological polar surface area (TPSA) is 281 Å². The Hall–Kier alpha value is -3.06. The molecule has 0 aliphatic heterocycles. The van der Waals surface area contributed by atoms with Crippen LogP contribution in [0.2, 0.25) is 0 Å². The molecule has 0 aromatic heterocycles. The molecular weight excluding hydrogens is 963 g/mol. The number of quaternary nitrogens is 1. The number of nitrogens with zero attached hydrogens (tertiary/aromatic N) is 1. The van der Waals surface area contributed by atoms with Crippen LogP contribution < -0.4 is 11.2 Å². The molecule has 0 fully saturated rings. The van der Waals surface area contributed by atoms with Crippen LogP contribution in [-0.4, -0.2) is 182 Å². The molecule has 0 saturated heterocycles. The van der Waals surface area contributed by atoms with E-state index >= 15 is 0 Å². The predicted octanol–water partition coefficient (Wildman–Crippen LogP) is 5.15. The molecule has 0 aromatic carbocycles. The van der Waals surface area contributed by atoms with Crippen molar-refractivity contribution in [2.75, 3.05) is 106 Å². The van der Waals surface area contributed by atoms with Gasteiger partial charge in [0.25, 0.3) is 10.1 Å². The molecule has 424 valence electrons. The third-order valence-electron chi connectivity index (χ3n) is 12.0. The smallest absolute Gasteiger partial charge is 0.327 e. The number of nitrogens with two attached hydrogens (primary N) is 1. The van der Waals surface area contributed by atoms with Gasteiger partial charge in [-0.25, -0.2) is 0 Å². The Morgan fingerprint density at radius 2 is 1.10 bits per heavy atom. The van der Waals surface area contributed by atoms with Crippen molar-refractivity contribution in [2.45, 2.75) is 157 Å². The largest absolute Gasteiger partial charge is 0.481 e. The third kappa shape index (κ3) is 33.7. The van der Waals surface area contributed by atoms with E-state index in [1.54, 1.807) is 13.8 Å². The van der Waals surface area contributed by atoms with Gasteiger partial charge >= 0.3 is 23.9 Å². The Balaban J connectivity index is 7.17. The van der Waals surface area contributed by atoms with Crippen LogP contribution >= 0.6 is 0 Å². The van der Waals surface area contributed by atoms with E-state index in [9.17, 15) is 42.0 Å². The van der Waals surface area contributed by atoms with Crippen LogP contribution in [0.3, 0.4) is 0 Å². The number of esters is 2. The number of carboxylic acids is 1. The number of carbonyl (C=O) groups is 5. The van der Waals surface area contributed by atoms with Gasteiger partial charge in [-0.3, -0.25) is 28.5 Å². The third-order valence-corrected chi connectivity index (χ3v) is 13.1. The summed E-state index contributed by atoms with van der Waals surface area (Å²) in [5.74, 6) is -11.4. The lowest BCUT2D eigenvalue weighted by Crippen LogP contribution is -2.47. The number of primary amides is 1. The van der Waals surface area contributed by atoms with E-state index in [1.165, 1.54) is 33.1 Å². The van der Waals surface area contributed by atoms with Gasteiger partial charge in [-0.2, -0.15) is 8.42 Å². The summed E-state index contributed by atoms with van der Waals surface area (Å²) in [6.45, 7) is 18.7. The summed E-state index contributed by atoms with van der Waals surface area (Å²) in [7, 11) is -0.426. The minimum Gasteiger partial charge on any atom is -0.481 e. The van der Waals surface area contributed by atoms with Gasteiger partial charge in [-0.05, 0) is 86.5 Å². The van der Waals surface area contributed by atoms with E-state index in [4.69, 9.17) is 48.5 Å². The van der Waals surface area contributed by atoms with Gasteiger partial charge < -0.3 is 58.1 Å². The molecule has 0 rings (SSSR count). The minimum absolute atomic E-state index is 0.0950. The van der Waals surface area contributed by atoms with Crippen molar-refractivity contribution in [3.05, 3.63) is 0 Å². The molecule has 0 aliphatic rings. The average molecular weight is 1060 g/mol. The standard InChI is InChI=1S/C50H95N3O18S/c1-12-18-19-20-21-22-23-53(10,11)24-25-67-47(57)37(7)26-40(49(59)71-52-50(8,9)36-72(60,61)62)29-41(28-39(46(55)56)27-38(13-2)45(51)54)48(58)70-44(34-68-42(30-63-14-3)31-64-15-4)35-69-43(32-65-16-5)33-66-17-6/h37-44,52H,12-36H2,1-11H3,(H3-,51,54,55,56,60,61,62)/p+1. The summed E-state index contributed by atoms with van der Waals surface area (Å²) < 4.78 is 80.4. The van der Waals surface area contributed by atoms with Gasteiger partial charge in [0.1, 0.15) is 31.5 Å². The highest BCUT2D eigenvalue weighted by molar-refractivity contribution is 7.85. The maximum Gasteiger partial charge on any atom is 0.327 e.